The molecule has 21 heavy (non-hydrogen) atoms. The van der Waals surface area contributed by atoms with Gasteiger partial charge in [0.2, 0.25) is 0 Å². The zero-order valence-electron chi connectivity index (χ0n) is 10.7. The molecule has 0 aliphatic rings. The van der Waals surface area contributed by atoms with Crippen LogP contribution in [-0.4, -0.2) is 32.5 Å². The minimum atomic E-state index is -5.77. The molecule has 0 spiro atoms. The molecule has 0 aliphatic carbocycles. The maximum atomic E-state index is 13.3. The first-order valence-corrected chi connectivity index (χ1v) is 6.79. The van der Waals surface area contributed by atoms with Crippen LogP contribution < -0.4 is 0 Å². The molecule has 4 nitrogen and oxygen atoms in total. The molecule has 0 radical (unpaired) electrons. The zero-order chi connectivity index (χ0) is 16.3. The molecular weight excluding hydrogens is 317 g/mol. The number of alkyl halides is 5. The first-order chi connectivity index (χ1) is 9.61. The van der Waals surface area contributed by atoms with Gasteiger partial charge in [0.25, 0.3) is 0 Å². The summed E-state index contributed by atoms with van der Waals surface area (Å²) in [5.41, 5.74) is -1.77. The van der Waals surface area contributed by atoms with Gasteiger partial charge in [-0.05, 0) is 18.1 Å². The number of hydrogen-bond donors (Lipinski definition) is 0. The van der Waals surface area contributed by atoms with Crippen LogP contribution in [0.5, 0.6) is 0 Å². The van der Waals surface area contributed by atoms with Crippen molar-refractivity contribution in [3.05, 3.63) is 29.6 Å². The van der Waals surface area contributed by atoms with Crippen LogP contribution >= 0.6 is 0 Å². The van der Waals surface area contributed by atoms with Crippen LogP contribution in [0.4, 0.5) is 22.0 Å². The number of halogens is 5. The fourth-order valence-electron chi connectivity index (χ4n) is 1.44. The summed E-state index contributed by atoms with van der Waals surface area (Å²) in [5.74, 6) is -5.36. The molecular formula is C11H10F5N3OS. The van der Waals surface area contributed by atoms with Crippen molar-refractivity contribution in [2.45, 2.75) is 18.5 Å². The lowest BCUT2D eigenvalue weighted by Crippen LogP contribution is -2.35. The second-order valence-electron chi connectivity index (χ2n) is 3.96. The van der Waals surface area contributed by atoms with Crippen molar-refractivity contribution in [1.29, 1.82) is 5.26 Å². The zero-order valence-corrected chi connectivity index (χ0v) is 11.5. The molecule has 0 amide bonds. The van der Waals surface area contributed by atoms with Crippen LogP contribution in [-0.2, 0) is 23.3 Å². The molecule has 10 heteroatoms. The van der Waals surface area contributed by atoms with Crippen molar-refractivity contribution >= 4 is 11.0 Å². The van der Waals surface area contributed by atoms with E-state index in [0.717, 1.165) is 16.2 Å². The second-order valence-corrected chi connectivity index (χ2v) is 5.56. The van der Waals surface area contributed by atoms with Crippen molar-refractivity contribution in [2.75, 3.05) is 12.8 Å². The van der Waals surface area contributed by atoms with E-state index in [9.17, 15) is 26.5 Å². The largest absolute Gasteiger partial charge is 0.772 e. The Bertz CT molecular complexity index is 594. The third kappa shape index (κ3) is 3.95. The van der Waals surface area contributed by atoms with E-state index in [2.05, 4.69) is 4.98 Å². The van der Waals surface area contributed by atoms with E-state index in [-0.39, 0.29) is 17.7 Å². The standard InChI is InChI=1S/C11H10F5N3OS/c1-19(7-17)21(20)6-4-8-3-2-5-18-9(8)10(12,13)11(14,15)16/h2-3,5H,4,6H2,1H3. The van der Waals surface area contributed by atoms with E-state index in [1.165, 1.54) is 13.1 Å². The number of pyridine rings is 1. The number of hydrogen-bond acceptors (Lipinski definition) is 3. The summed E-state index contributed by atoms with van der Waals surface area (Å²) in [7, 11) is -0.590. The quantitative estimate of drug-likeness (QED) is 0.369. The highest BCUT2D eigenvalue weighted by molar-refractivity contribution is 7.79. The summed E-state index contributed by atoms with van der Waals surface area (Å²) in [6.07, 6.45) is -3.70. The highest BCUT2D eigenvalue weighted by atomic mass is 32.2. The second kappa shape index (κ2) is 6.44. The van der Waals surface area contributed by atoms with Gasteiger partial charge in [-0.25, -0.2) is 0 Å². The number of rotatable bonds is 4. The average Bonchev–Trinajstić information content (AvgIpc) is 2.42. The minimum Gasteiger partial charge on any atom is -0.772 e. The fourth-order valence-corrected chi connectivity index (χ4v) is 2.20. The molecule has 1 aromatic heterocycles. The van der Waals surface area contributed by atoms with E-state index >= 15 is 0 Å². The number of aromatic nitrogens is 1. The molecule has 1 atom stereocenters. The van der Waals surface area contributed by atoms with Crippen LogP contribution in [0.15, 0.2) is 18.3 Å². The molecule has 1 aromatic rings. The van der Waals surface area contributed by atoms with Gasteiger partial charge in [0, 0.05) is 11.9 Å². The Balaban J connectivity index is 3.10. The molecule has 0 aliphatic heterocycles. The fraction of sp³-hybridized carbons (Fsp3) is 0.455. The van der Waals surface area contributed by atoms with Gasteiger partial charge in [0.05, 0.1) is 7.05 Å². The number of aryl methyl sites for hydroxylation is 1. The van der Waals surface area contributed by atoms with Gasteiger partial charge in [0.15, 0.2) is 5.26 Å². The van der Waals surface area contributed by atoms with Crippen molar-refractivity contribution in [3.63, 3.8) is 0 Å². The third-order valence-electron chi connectivity index (χ3n) is 2.54. The van der Waals surface area contributed by atoms with Gasteiger partial charge < -0.3 is 4.55 Å². The van der Waals surface area contributed by atoms with Crippen molar-refractivity contribution in [2.24, 2.45) is 0 Å². The molecule has 0 N–H and O–H groups in total. The van der Waals surface area contributed by atoms with Crippen LogP contribution in [0.1, 0.15) is 11.3 Å². The maximum absolute atomic E-state index is 13.3. The van der Waals surface area contributed by atoms with E-state index in [4.69, 9.17) is 5.26 Å². The summed E-state index contributed by atoms with van der Waals surface area (Å²) in [6, 6.07) is 2.27. The lowest BCUT2D eigenvalue weighted by atomic mass is 10.1. The first kappa shape index (κ1) is 17.5. The summed E-state index contributed by atoms with van der Waals surface area (Å²) >= 11 is 0. The maximum Gasteiger partial charge on any atom is 0.464 e. The predicted octanol–water partition coefficient (Wildman–Crippen LogP) is 2.33. The molecule has 1 rings (SSSR count). The summed E-state index contributed by atoms with van der Waals surface area (Å²) in [6.45, 7) is 0. The van der Waals surface area contributed by atoms with Gasteiger partial charge >= 0.3 is 18.3 Å². The van der Waals surface area contributed by atoms with E-state index in [1.54, 1.807) is 6.19 Å². The van der Waals surface area contributed by atoms with Gasteiger partial charge in [-0.1, -0.05) is 17.0 Å². The molecule has 0 saturated heterocycles. The van der Waals surface area contributed by atoms with E-state index < -0.39 is 28.8 Å². The lowest BCUT2D eigenvalue weighted by Gasteiger charge is -2.21. The molecule has 0 bridgehead atoms. The Labute approximate surface area is 119 Å². The Hall–Kier alpha value is -1.60. The molecule has 0 aromatic carbocycles. The predicted molar refractivity (Wildman–Crippen MR) is 62.7 cm³/mol. The Morgan fingerprint density at radius 3 is 2.52 bits per heavy atom. The molecule has 1 heterocycles. The Morgan fingerprint density at radius 1 is 1.38 bits per heavy atom. The number of nitrogens with zero attached hydrogens (tertiary/aromatic N) is 3. The lowest BCUT2D eigenvalue weighted by molar-refractivity contribution is -0.379. The Morgan fingerprint density at radius 2 is 2.00 bits per heavy atom. The van der Waals surface area contributed by atoms with Crippen molar-refractivity contribution < 1.29 is 30.5 Å². The van der Waals surface area contributed by atoms with Crippen LogP contribution in [0.3, 0.4) is 0 Å². The highest BCUT2D eigenvalue weighted by Gasteiger charge is 2.60. The average molecular weight is 327 g/mol. The summed E-state index contributed by atoms with van der Waals surface area (Å²) in [4.78, 5) is 3.11. The third-order valence-corrected chi connectivity index (χ3v) is 3.78. The Kier molecular flexibility index (Phi) is 5.36. The smallest absolute Gasteiger partial charge is 0.464 e. The van der Waals surface area contributed by atoms with Crippen molar-refractivity contribution in [3.8, 4) is 6.19 Å². The molecule has 0 saturated carbocycles. The monoisotopic (exact) mass is 327 g/mol. The van der Waals surface area contributed by atoms with Gasteiger partial charge in [-0.15, -0.1) is 0 Å². The highest BCUT2D eigenvalue weighted by Crippen LogP contribution is 2.44. The van der Waals surface area contributed by atoms with Crippen molar-refractivity contribution in [1.82, 2.24) is 4.98 Å². The van der Waals surface area contributed by atoms with E-state index in [1.807, 2.05) is 0 Å². The van der Waals surface area contributed by atoms with E-state index in [0.29, 0.717) is 0 Å². The normalized spacial score (nSPS) is 14.5. The minimum absolute atomic E-state index is 0.267. The van der Waals surface area contributed by atoms with Crippen LogP contribution in [0, 0.1) is 11.5 Å². The van der Waals surface area contributed by atoms with Crippen LogP contribution in [0.2, 0.25) is 0 Å². The topological polar surface area (TPSA) is 62.8 Å². The first-order valence-electron chi connectivity index (χ1n) is 5.52. The van der Waals surface area contributed by atoms with Gasteiger partial charge in [-0.3, -0.25) is 4.98 Å². The molecule has 0 fully saturated rings. The summed E-state index contributed by atoms with van der Waals surface area (Å²) in [5, 5.41) is 8.49. The SMILES string of the molecule is C[N+](C#N)=S([O-])CCc1cccnc1C(F)(F)C(F)(F)F. The van der Waals surface area contributed by atoms with Crippen LogP contribution in [0.25, 0.3) is 0 Å². The summed E-state index contributed by atoms with van der Waals surface area (Å²) < 4.78 is 76.1. The molecule has 116 valence electrons. The van der Waals surface area contributed by atoms with Gasteiger partial charge in [0.1, 0.15) is 5.69 Å². The number of nitriles is 1. The van der Waals surface area contributed by atoms with Gasteiger partial charge in [-0.2, -0.15) is 25.9 Å². The molecule has 1 unspecified atom stereocenters.